The number of hydrogen-bond donors (Lipinski definition) is 1. The third kappa shape index (κ3) is 4.22. The molecule has 5 nitrogen and oxygen atoms in total. The molecule has 1 unspecified atom stereocenters. The maximum Gasteiger partial charge on any atom is 0.454 e. The third-order valence-electron chi connectivity index (χ3n) is 2.65. The largest absolute Gasteiger partial charge is 0.478 e. The number of carboxylic acids is 1. The zero-order chi connectivity index (χ0) is 19.1. The molecule has 0 aromatic heterocycles. The van der Waals surface area contributed by atoms with E-state index in [0.717, 1.165) is 0 Å². The molecule has 0 fully saturated rings. The summed E-state index contributed by atoms with van der Waals surface area (Å²) in [7, 11) is -7.47. The van der Waals surface area contributed by atoms with Gasteiger partial charge in [0.1, 0.15) is 5.75 Å². The van der Waals surface area contributed by atoms with Crippen LogP contribution in [0.2, 0.25) is 5.02 Å². The molecule has 0 aliphatic rings. The quantitative estimate of drug-likeness (QED) is 0.748. The first-order chi connectivity index (χ1) is 10.6. The van der Waals surface area contributed by atoms with E-state index in [0.29, 0.717) is 18.4 Å². The van der Waals surface area contributed by atoms with Gasteiger partial charge in [0.05, 0.1) is 31.2 Å². The number of hydrogen-bond acceptors (Lipinski definition) is 4. The van der Waals surface area contributed by atoms with E-state index in [4.69, 9.17) is 16.7 Å². The summed E-state index contributed by atoms with van der Waals surface area (Å²) in [6.45, 7) is 0. The minimum atomic E-state index is -6.02. The predicted molar refractivity (Wildman–Crippen MR) is 73.8 cm³/mol. The molecule has 24 heavy (non-hydrogen) atoms. The first-order valence-electron chi connectivity index (χ1n) is 5.68. The Morgan fingerprint density at radius 1 is 1.25 bits per heavy atom. The number of sulfone groups is 1. The van der Waals surface area contributed by atoms with Gasteiger partial charge in [0.2, 0.25) is 0 Å². The molecule has 0 amide bonds. The fraction of sp³-hybridized carbons (Fsp3) is 0.364. The van der Waals surface area contributed by atoms with Crippen LogP contribution in [0.25, 0.3) is 0 Å². The van der Waals surface area contributed by atoms with E-state index >= 15 is 0 Å². The Bertz CT molecular complexity index is 804. The van der Waals surface area contributed by atoms with E-state index in [1.165, 1.54) is 0 Å². The summed E-state index contributed by atoms with van der Waals surface area (Å²) < 4.78 is 98.0. The molecule has 1 rings (SSSR count). The first-order valence-corrected chi connectivity index (χ1v) is 9.27. The van der Waals surface area contributed by atoms with Crippen molar-refractivity contribution in [2.24, 2.45) is 0 Å². The number of aromatic carboxylic acids is 1. The molecule has 1 N–H and O–H groups in total. The molecule has 0 saturated carbocycles. The van der Waals surface area contributed by atoms with Gasteiger partial charge in [-0.1, -0.05) is 11.6 Å². The summed E-state index contributed by atoms with van der Waals surface area (Å²) in [6, 6.07) is 1.34. The van der Waals surface area contributed by atoms with E-state index in [-0.39, 0.29) is 0 Å². The molecule has 13 heteroatoms. The van der Waals surface area contributed by atoms with Gasteiger partial charge in [0.15, 0.2) is 9.84 Å². The number of halogens is 6. The topological polar surface area (TPSA) is 88.5 Å². The highest BCUT2D eigenvalue weighted by atomic mass is 35.5. The Kier molecular flexibility index (Phi) is 5.68. The monoisotopic (exact) mass is 414 g/mol. The summed E-state index contributed by atoms with van der Waals surface area (Å²) in [5.41, 5.74) is -0.789. The Morgan fingerprint density at radius 2 is 1.75 bits per heavy atom. The lowest BCUT2D eigenvalue weighted by Gasteiger charge is -2.20. The van der Waals surface area contributed by atoms with Crippen LogP contribution in [0, 0.1) is 0 Å². The van der Waals surface area contributed by atoms with Crippen molar-refractivity contribution in [3.63, 3.8) is 0 Å². The van der Waals surface area contributed by atoms with Crippen LogP contribution in [0.1, 0.15) is 10.4 Å². The van der Waals surface area contributed by atoms with Crippen molar-refractivity contribution in [1.29, 1.82) is 0 Å². The van der Waals surface area contributed by atoms with E-state index in [9.17, 15) is 39.4 Å². The second kappa shape index (κ2) is 6.56. The maximum atomic E-state index is 13.1. The second-order valence-corrected chi connectivity index (χ2v) is 8.27. The van der Waals surface area contributed by atoms with Crippen molar-refractivity contribution in [2.45, 2.75) is 21.9 Å². The summed E-state index contributed by atoms with van der Waals surface area (Å²) in [5.74, 6) is -9.40. The maximum absolute atomic E-state index is 13.1. The number of benzene rings is 1. The highest BCUT2D eigenvalue weighted by molar-refractivity contribution is 7.92. The van der Waals surface area contributed by atoms with Gasteiger partial charge < -0.3 is 5.11 Å². The smallest absolute Gasteiger partial charge is 0.454 e. The minimum absolute atomic E-state index is 0.571. The van der Waals surface area contributed by atoms with Crippen LogP contribution in [0.3, 0.4) is 0 Å². The van der Waals surface area contributed by atoms with Crippen molar-refractivity contribution in [1.82, 2.24) is 0 Å². The third-order valence-corrected chi connectivity index (χ3v) is 5.92. The van der Waals surface area contributed by atoms with Gasteiger partial charge in [-0.25, -0.2) is 13.2 Å². The Morgan fingerprint density at radius 3 is 2.12 bits per heavy atom. The SMILES string of the molecule is CS(=O)(=O)c1ccc(C(=O)O)c(Cl)c1S(=O)CC(F)(F)C(F)(F)F. The van der Waals surface area contributed by atoms with Gasteiger partial charge in [-0.3, -0.25) is 4.21 Å². The molecule has 0 aliphatic carbocycles. The number of rotatable bonds is 5. The van der Waals surface area contributed by atoms with Gasteiger partial charge >= 0.3 is 18.1 Å². The Labute approximate surface area is 139 Å². The van der Waals surface area contributed by atoms with Crippen LogP contribution >= 0.6 is 11.6 Å². The van der Waals surface area contributed by atoms with E-state index < -0.39 is 64.8 Å². The molecule has 1 atom stereocenters. The summed E-state index contributed by atoms with van der Waals surface area (Å²) in [4.78, 5) is 8.94. The molecule has 1 aromatic rings. The highest BCUT2D eigenvalue weighted by Crippen LogP contribution is 2.39. The lowest BCUT2D eigenvalue weighted by Crippen LogP contribution is -2.41. The van der Waals surface area contributed by atoms with Crippen LogP contribution in [-0.2, 0) is 20.6 Å². The summed E-state index contributed by atoms with van der Waals surface area (Å²) >= 11 is 5.59. The number of carbonyl (C=O) groups is 1. The molecule has 0 aliphatic heterocycles. The van der Waals surface area contributed by atoms with Gasteiger partial charge in [0, 0.05) is 6.26 Å². The second-order valence-electron chi connectivity index (χ2n) is 4.52. The number of carboxylic acid groups (broad SMARTS) is 1. The summed E-state index contributed by atoms with van der Waals surface area (Å²) in [6.07, 6.45) is -5.45. The zero-order valence-electron chi connectivity index (χ0n) is 11.5. The van der Waals surface area contributed by atoms with E-state index in [1.54, 1.807) is 0 Å². The van der Waals surface area contributed by atoms with Crippen molar-refractivity contribution in [3.8, 4) is 0 Å². The van der Waals surface area contributed by atoms with Crippen molar-refractivity contribution >= 4 is 38.2 Å². The van der Waals surface area contributed by atoms with Crippen molar-refractivity contribution in [3.05, 3.63) is 22.7 Å². The van der Waals surface area contributed by atoms with Crippen LogP contribution in [0.15, 0.2) is 21.9 Å². The first kappa shape index (κ1) is 20.8. The predicted octanol–water partition coefficient (Wildman–Crippen LogP) is 2.75. The van der Waals surface area contributed by atoms with Gasteiger partial charge in [-0.2, -0.15) is 22.0 Å². The van der Waals surface area contributed by atoms with Gasteiger partial charge in [-0.05, 0) is 12.1 Å². The fourth-order valence-electron chi connectivity index (χ4n) is 1.53. The van der Waals surface area contributed by atoms with Crippen LogP contribution in [0.5, 0.6) is 0 Å². The number of alkyl halides is 5. The molecule has 0 saturated heterocycles. The zero-order valence-corrected chi connectivity index (χ0v) is 13.9. The Balaban J connectivity index is 3.59. The van der Waals surface area contributed by atoms with Gasteiger partial charge in [0.25, 0.3) is 0 Å². The van der Waals surface area contributed by atoms with Gasteiger partial charge in [-0.15, -0.1) is 0 Å². The van der Waals surface area contributed by atoms with Crippen LogP contribution in [-0.4, -0.2) is 47.8 Å². The Hall–Kier alpha value is -1.27. The molecule has 0 radical (unpaired) electrons. The average Bonchev–Trinajstić information content (AvgIpc) is 2.34. The van der Waals surface area contributed by atoms with E-state index in [2.05, 4.69) is 0 Å². The molecule has 0 heterocycles. The fourth-order valence-corrected chi connectivity index (χ4v) is 4.81. The van der Waals surface area contributed by atoms with Crippen molar-refractivity contribution < 1.29 is 44.5 Å². The molecule has 136 valence electrons. The standard InChI is InChI=1S/C11H8ClF5O5S2/c1-24(21,22)6-3-2-5(9(18)19)7(12)8(6)23(20)4-10(13,14)11(15,16)17/h2-3H,4H2,1H3,(H,18,19). The lowest BCUT2D eigenvalue weighted by molar-refractivity contribution is -0.271. The molecule has 0 spiro atoms. The summed E-state index contributed by atoms with van der Waals surface area (Å²) in [5, 5.41) is 7.88. The molecule has 1 aromatic carbocycles. The average molecular weight is 415 g/mol. The normalized spacial score (nSPS) is 14.5. The van der Waals surface area contributed by atoms with Crippen molar-refractivity contribution in [2.75, 3.05) is 12.0 Å². The minimum Gasteiger partial charge on any atom is -0.478 e. The molecule has 0 bridgehead atoms. The molecular formula is C11H8ClF5O5S2. The lowest BCUT2D eigenvalue weighted by atomic mass is 10.2. The van der Waals surface area contributed by atoms with Crippen LogP contribution in [0.4, 0.5) is 22.0 Å². The highest BCUT2D eigenvalue weighted by Gasteiger charge is 2.58. The van der Waals surface area contributed by atoms with E-state index in [1.807, 2.05) is 0 Å². The van der Waals surface area contributed by atoms with Crippen LogP contribution < -0.4 is 0 Å². The molecular weight excluding hydrogens is 407 g/mol.